The zero-order chi connectivity index (χ0) is 16.2. The van der Waals surface area contributed by atoms with Crippen molar-refractivity contribution in [2.24, 2.45) is 5.92 Å². The highest BCUT2D eigenvalue weighted by Gasteiger charge is 2.27. The summed E-state index contributed by atoms with van der Waals surface area (Å²) in [4.78, 5) is 14.7. The van der Waals surface area contributed by atoms with Gasteiger partial charge in [-0.2, -0.15) is 0 Å². The molecule has 3 nitrogen and oxygen atoms in total. The second-order valence-electron chi connectivity index (χ2n) is 6.56. The average Bonchev–Trinajstić information content (AvgIpc) is 2.59. The van der Waals surface area contributed by atoms with Gasteiger partial charge in [0.05, 0.1) is 0 Å². The van der Waals surface area contributed by atoms with Crippen LogP contribution in [0.5, 0.6) is 5.75 Å². The molecule has 0 aliphatic carbocycles. The molecule has 2 atom stereocenters. The molecule has 1 saturated heterocycles. The molecule has 1 amide bonds. The molecule has 1 aliphatic heterocycles. The van der Waals surface area contributed by atoms with Crippen molar-refractivity contribution < 1.29 is 9.53 Å². The Hall–Kier alpha value is -2.03. The van der Waals surface area contributed by atoms with Gasteiger partial charge in [-0.25, -0.2) is 0 Å². The third kappa shape index (κ3) is 3.66. The van der Waals surface area contributed by atoms with E-state index in [2.05, 4.69) is 19.1 Å². The van der Waals surface area contributed by atoms with Crippen LogP contribution in [0.1, 0.15) is 33.1 Å². The number of piperidine rings is 1. The third-order valence-corrected chi connectivity index (χ3v) is 4.61. The lowest BCUT2D eigenvalue weighted by Crippen LogP contribution is -2.46. The summed E-state index contributed by atoms with van der Waals surface area (Å²) in [7, 11) is 0. The van der Waals surface area contributed by atoms with Crippen molar-refractivity contribution >= 4 is 16.7 Å². The van der Waals surface area contributed by atoms with Crippen molar-refractivity contribution in [2.45, 2.75) is 39.2 Å². The lowest BCUT2D eigenvalue weighted by Gasteiger charge is -2.33. The summed E-state index contributed by atoms with van der Waals surface area (Å²) in [6, 6.07) is 14.2. The SMILES string of the molecule is CC[C@@H](Oc1ccc2ccccc2c1)C(=O)N1CCC[C@H](C)C1. The van der Waals surface area contributed by atoms with Crippen LogP contribution in [0.3, 0.4) is 0 Å². The van der Waals surface area contributed by atoms with Crippen LogP contribution in [-0.2, 0) is 4.79 Å². The molecule has 0 spiro atoms. The Morgan fingerprint density at radius 2 is 2.04 bits per heavy atom. The van der Waals surface area contributed by atoms with Crippen molar-refractivity contribution in [1.82, 2.24) is 4.90 Å². The summed E-state index contributed by atoms with van der Waals surface area (Å²) in [5.74, 6) is 1.49. The number of hydrogen-bond donors (Lipinski definition) is 0. The minimum absolute atomic E-state index is 0.132. The van der Waals surface area contributed by atoms with Gasteiger partial charge >= 0.3 is 0 Å². The van der Waals surface area contributed by atoms with Crippen LogP contribution < -0.4 is 4.74 Å². The van der Waals surface area contributed by atoms with Gasteiger partial charge in [0.2, 0.25) is 0 Å². The van der Waals surface area contributed by atoms with Gasteiger partial charge in [-0.05, 0) is 48.1 Å². The Bertz CT molecular complexity index is 682. The molecular formula is C20H25NO2. The Balaban J connectivity index is 1.73. The molecule has 2 aromatic carbocycles. The van der Waals surface area contributed by atoms with Gasteiger partial charge in [0.1, 0.15) is 5.75 Å². The fourth-order valence-electron chi connectivity index (χ4n) is 3.31. The van der Waals surface area contributed by atoms with Crippen LogP contribution in [0, 0.1) is 5.92 Å². The number of amides is 1. The predicted octanol–water partition coefficient (Wildman–Crippen LogP) is 4.26. The van der Waals surface area contributed by atoms with E-state index < -0.39 is 0 Å². The molecule has 3 heteroatoms. The van der Waals surface area contributed by atoms with Gasteiger partial charge in [0, 0.05) is 13.1 Å². The molecule has 0 saturated carbocycles. The van der Waals surface area contributed by atoms with Crippen LogP contribution in [0.25, 0.3) is 10.8 Å². The van der Waals surface area contributed by atoms with E-state index in [1.54, 1.807) is 0 Å². The first-order valence-electron chi connectivity index (χ1n) is 8.61. The van der Waals surface area contributed by atoms with E-state index in [9.17, 15) is 4.79 Å². The molecule has 1 heterocycles. The topological polar surface area (TPSA) is 29.5 Å². The molecule has 1 aliphatic rings. The number of hydrogen-bond acceptors (Lipinski definition) is 2. The highest BCUT2D eigenvalue weighted by Crippen LogP contribution is 2.23. The highest BCUT2D eigenvalue weighted by molar-refractivity contribution is 5.84. The van der Waals surface area contributed by atoms with Crippen LogP contribution in [0.15, 0.2) is 42.5 Å². The van der Waals surface area contributed by atoms with E-state index in [1.807, 2.05) is 42.2 Å². The van der Waals surface area contributed by atoms with E-state index in [1.165, 1.54) is 11.8 Å². The number of carbonyl (C=O) groups excluding carboxylic acids is 1. The molecule has 2 aromatic rings. The van der Waals surface area contributed by atoms with Gasteiger partial charge in [-0.1, -0.05) is 44.2 Å². The number of nitrogens with zero attached hydrogens (tertiary/aromatic N) is 1. The number of likely N-dealkylation sites (tertiary alicyclic amines) is 1. The zero-order valence-electron chi connectivity index (χ0n) is 14.0. The minimum Gasteiger partial charge on any atom is -0.481 e. The summed E-state index contributed by atoms with van der Waals surface area (Å²) in [6.07, 6.45) is 2.61. The monoisotopic (exact) mass is 311 g/mol. The van der Waals surface area contributed by atoms with Gasteiger partial charge in [-0.15, -0.1) is 0 Å². The van der Waals surface area contributed by atoms with E-state index in [4.69, 9.17) is 4.74 Å². The molecular weight excluding hydrogens is 286 g/mol. The molecule has 3 rings (SSSR count). The largest absolute Gasteiger partial charge is 0.481 e. The van der Waals surface area contributed by atoms with Crippen LogP contribution in [0.4, 0.5) is 0 Å². The fourth-order valence-corrected chi connectivity index (χ4v) is 3.31. The summed E-state index contributed by atoms with van der Waals surface area (Å²) < 4.78 is 6.03. The van der Waals surface area contributed by atoms with E-state index in [-0.39, 0.29) is 12.0 Å². The normalized spacial score (nSPS) is 19.6. The molecule has 0 unspecified atom stereocenters. The smallest absolute Gasteiger partial charge is 0.263 e. The average molecular weight is 311 g/mol. The Kier molecular flexibility index (Phi) is 4.85. The standard InChI is InChI=1S/C20H25NO2/c1-3-19(20(22)21-12-6-7-15(2)14-21)23-18-11-10-16-8-4-5-9-17(16)13-18/h4-5,8-11,13,15,19H,3,6-7,12,14H2,1-2H3/t15-,19+/m0/s1. The summed E-state index contributed by atoms with van der Waals surface area (Å²) in [5.41, 5.74) is 0. The number of ether oxygens (including phenoxy) is 1. The van der Waals surface area contributed by atoms with Crippen LogP contribution in [-0.4, -0.2) is 30.0 Å². The van der Waals surface area contributed by atoms with E-state index in [0.717, 1.165) is 30.6 Å². The lowest BCUT2D eigenvalue weighted by atomic mass is 9.99. The first-order valence-corrected chi connectivity index (χ1v) is 8.61. The molecule has 0 aromatic heterocycles. The van der Waals surface area contributed by atoms with E-state index >= 15 is 0 Å². The number of carbonyl (C=O) groups is 1. The maximum absolute atomic E-state index is 12.7. The van der Waals surface area contributed by atoms with Gasteiger partial charge in [0.25, 0.3) is 5.91 Å². The summed E-state index contributed by atoms with van der Waals surface area (Å²) in [6.45, 7) is 5.94. The molecule has 0 N–H and O–H groups in total. The number of benzene rings is 2. The second-order valence-corrected chi connectivity index (χ2v) is 6.56. The molecule has 122 valence electrons. The van der Waals surface area contributed by atoms with Crippen molar-refractivity contribution in [2.75, 3.05) is 13.1 Å². The maximum Gasteiger partial charge on any atom is 0.263 e. The maximum atomic E-state index is 12.7. The zero-order valence-corrected chi connectivity index (χ0v) is 14.0. The van der Waals surface area contributed by atoms with Crippen molar-refractivity contribution in [3.8, 4) is 5.75 Å². The third-order valence-electron chi connectivity index (χ3n) is 4.61. The van der Waals surface area contributed by atoms with Crippen LogP contribution in [0.2, 0.25) is 0 Å². The van der Waals surface area contributed by atoms with Crippen LogP contribution >= 0.6 is 0 Å². The summed E-state index contributed by atoms with van der Waals surface area (Å²) in [5, 5.41) is 2.32. The fraction of sp³-hybridized carbons (Fsp3) is 0.450. The second kappa shape index (κ2) is 7.03. The van der Waals surface area contributed by atoms with Gasteiger partial charge < -0.3 is 9.64 Å². The predicted molar refractivity (Wildman–Crippen MR) is 93.6 cm³/mol. The quantitative estimate of drug-likeness (QED) is 0.844. The Morgan fingerprint density at radius 1 is 1.26 bits per heavy atom. The number of rotatable bonds is 4. The molecule has 1 fully saturated rings. The molecule has 0 bridgehead atoms. The Morgan fingerprint density at radius 3 is 2.78 bits per heavy atom. The van der Waals surface area contributed by atoms with Crippen molar-refractivity contribution in [3.63, 3.8) is 0 Å². The van der Waals surface area contributed by atoms with Gasteiger partial charge in [-0.3, -0.25) is 4.79 Å². The number of fused-ring (bicyclic) bond motifs is 1. The Labute approximate surface area is 138 Å². The highest BCUT2D eigenvalue weighted by atomic mass is 16.5. The minimum atomic E-state index is -0.388. The van der Waals surface area contributed by atoms with Crippen molar-refractivity contribution in [3.05, 3.63) is 42.5 Å². The first-order chi connectivity index (χ1) is 11.2. The molecule has 23 heavy (non-hydrogen) atoms. The molecule has 0 radical (unpaired) electrons. The van der Waals surface area contributed by atoms with Gasteiger partial charge in [0.15, 0.2) is 6.10 Å². The first kappa shape index (κ1) is 15.9. The van der Waals surface area contributed by atoms with E-state index in [0.29, 0.717) is 12.3 Å². The summed E-state index contributed by atoms with van der Waals surface area (Å²) >= 11 is 0. The lowest BCUT2D eigenvalue weighted by molar-refractivity contribution is -0.140. The van der Waals surface area contributed by atoms with Crippen molar-refractivity contribution in [1.29, 1.82) is 0 Å².